The lowest BCUT2D eigenvalue weighted by atomic mass is 9.81. The van der Waals surface area contributed by atoms with Crippen LogP contribution in [0.1, 0.15) is 75.2 Å². The third-order valence-electron chi connectivity index (χ3n) is 8.00. The van der Waals surface area contributed by atoms with Gasteiger partial charge < -0.3 is 14.2 Å². The Kier molecular flexibility index (Phi) is 7.41. The molecule has 0 radical (unpaired) electrons. The fraction of sp³-hybridized carbons (Fsp3) is 0.714. The lowest BCUT2D eigenvalue weighted by molar-refractivity contribution is -0.170. The molecule has 3 rings (SSSR count). The lowest BCUT2D eigenvalue weighted by Crippen LogP contribution is -2.49. The molecular formula is C28H40O7. The quantitative estimate of drug-likeness (QED) is 0.325. The molecule has 0 bridgehead atoms. The zero-order valence-corrected chi connectivity index (χ0v) is 22.5. The Bertz CT molecular complexity index is 972. The zero-order chi connectivity index (χ0) is 26.5. The number of allylic oxidation sites excluding steroid dienone is 1. The van der Waals surface area contributed by atoms with E-state index in [1.807, 2.05) is 26.0 Å². The molecule has 3 aliphatic carbocycles. The van der Waals surface area contributed by atoms with Crippen molar-refractivity contribution in [3.63, 3.8) is 0 Å². The molecule has 7 atom stereocenters. The van der Waals surface area contributed by atoms with Gasteiger partial charge in [0.05, 0.1) is 11.8 Å². The molecule has 0 unspecified atom stereocenters. The van der Waals surface area contributed by atoms with Gasteiger partial charge in [-0.3, -0.25) is 19.2 Å². The molecule has 2 fully saturated rings. The van der Waals surface area contributed by atoms with E-state index in [0.29, 0.717) is 12.0 Å². The van der Waals surface area contributed by atoms with E-state index in [0.717, 1.165) is 5.57 Å². The van der Waals surface area contributed by atoms with Crippen LogP contribution in [0, 0.1) is 35.0 Å². The normalized spacial score (nSPS) is 36.1. The molecule has 7 nitrogen and oxygen atoms in total. The highest BCUT2D eigenvalue weighted by Crippen LogP contribution is 2.63. The Morgan fingerprint density at radius 2 is 1.63 bits per heavy atom. The third kappa shape index (κ3) is 5.10. The van der Waals surface area contributed by atoms with Crippen LogP contribution in [0.15, 0.2) is 23.3 Å². The molecule has 0 saturated heterocycles. The zero-order valence-electron chi connectivity index (χ0n) is 22.5. The van der Waals surface area contributed by atoms with Gasteiger partial charge in [-0.2, -0.15) is 0 Å². The predicted molar refractivity (Wildman–Crippen MR) is 130 cm³/mol. The van der Waals surface area contributed by atoms with E-state index in [1.165, 1.54) is 13.8 Å². The highest BCUT2D eigenvalue weighted by Gasteiger charge is 2.63. The van der Waals surface area contributed by atoms with E-state index < -0.39 is 23.6 Å². The maximum Gasteiger partial charge on any atom is 0.308 e. The van der Waals surface area contributed by atoms with Crippen LogP contribution < -0.4 is 0 Å². The van der Waals surface area contributed by atoms with Crippen LogP contribution in [0.4, 0.5) is 0 Å². The highest BCUT2D eigenvalue weighted by atomic mass is 16.6. The van der Waals surface area contributed by atoms with Crippen LogP contribution in [0.5, 0.6) is 0 Å². The minimum Gasteiger partial charge on any atom is -0.462 e. The standard InChI is InChI=1S/C28H40O7/c1-14(2)26(32)34-24-17(5)13-28(35-19(7)30)21(24)10-15(3)11-22(33-18(6)29)23-20(27(23,8)9)12-16(4)25(28)31/h10,12,14,17,20-24H,11,13H2,1-9H3/t17-,20+,21-,22+,23+,24-,28+/m0/s1. The number of carbonyl (C=O) groups is 4. The Morgan fingerprint density at radius 1 is 1.00 bits per heavy atom. The van der Waals surface area contributed by atoms with Crippen LogP contribution in [-0.2, 0) is 33.4 Å². The molecule has 0 aliphatic heterocycles. The molecular weight excluding hydrogens is 448 g/mol. The van der Waals surface area contributed by atoms with E-state index in [9.17, 15) is 19.2 Å². The van der Waals surface area contributed by atoms with Crippen molar-refractivity contribution in [2.75, 3.05) is 0 Å². The Balaban J connectivity index is 2.17. The summed E-state index contributed by atoms with van der Waals surface area (Å²) in [5.74, 6) is -2.60. The smallest absolute Gasteiger partial charge is 0.308 e. The average molecular weight is 489 g/mol. The molecule has 2 saturated carbocycles. The Labute approximate surface area is 208 Å². The first-order valence-electron chi connectivity index (χ1n) is 12.6. The van der Waals surface area contributed by atoms with E-state index in [4.69, 9.17) is 14.2 Å². The van der Waals surface area contributed by atoms with Gasteiger partial charge in [0, 0.05) is 32.6 Å². The van der Waals surface area contributed by atoms with Gasteiger partial charge in [-0.05, 0) is 36.7 Å². The maximum absolute atomic E-state index is 14.1. The summed E-state index contributed by atoms with van der Waals surface area (Å²) in [6, 6.07) is 0. The Hall–Kier alpha value is -2.44. The van der Waals surface area contributed by atoms with Gasteiger partial charge >= 0.3 is 17.9 Å². The second-order valence-electron chi connectivity index (χ2n) is 11.7. The molecule has 194 valence electrons. The minimum atomic E-state index is -1.47. The first-order chi connectivity index (χ1) is 16.1. The van der Waals surface area contributed by atoms with Crippen LogP contribution in [0.3, 0.4) is 0 Å². The molecule has 0 spiro atoms. The number of carbonyl (C=O) groups excluding carboxylic acids is 4. The van der Waals surface area contributed by atoms with Crippen molar-refractivity contribution in [2.24, 2.45) is 35.0 Å². The van der Waals surface area contributed by atoms with Crippen molar-refractivity contribution >= 4 is 23.7 Å². The van der Waals surface area contributed by atoms with E-state index in [2.05, 4.69) is 13.8 Å². The van der Waals surface area contributed by atoms with Crippen LogP contribution in [0.2, 0.25) is 0 Å². The maximum atomic E-state index is 14.1. The number of esters is 3. The molecule has 0 aromatic heterocycles. The first kappa shape index (κ1) is 27.2. The number of ether oxygens (including phenoxy) is 3. The van der Waals surface area contributed by atoms with Gasteiger partial charge in [-0.1, -0.05) is 52.3 Å². The fourth-order valence-electron chi connectivity index (χ4n) is 6.27. The van der Waals surface area contributed by atoms with Crippen molar-refractivity contribution in [1.29, 1.82) is 0 Å². The molecule has 0 N–H and O–H groups in total. The molecule has 3 aliphatic rings. The predicted octanol–water partition coefficient (Wildman–Crippen LogP) is 4.58. The molecule has 0 heterocycles. The van der Waals surface area contributed by atoms with E-state index >= 15 is 0 Å². The van der Waals surface area contributed by atoms with Crippen molar-refractivity contribution in [1.82, 2.24) is 0 Å². The van der Waals surface area contributed by atoms with Crippen molar-refractivity contribution in [2.45, 2.75) is 93.0 Å². The topological polar surface area (TPSA) is 96.0 Å². The summed E-state index contributed by atoms with van der Waals surface area (Å²) in [7, 11) is 0. The summed E-state index contributed by atoms with van der Waals surface area (Å²) in [5.41, 5.74) is -0.209. The number of rotatable bonds is 4. The summed E-state index contributed by atoms with van der Waals surface area (Å²) in [6.45, 7) is 16.0. The summed E-state index contributed by atoms with van der Waals surface area (Å²) < 4.78 is 17.6. The fourth-order valence-corrected chi connectivity index (χ4v) is 6.27. The average Bonchev–Trinajstić information content (AvgIpc) is 3.16. The monoisotopic (exact) mass is 488 g/mol. The second-order valence-corrected chi connectivity index (χ2v) is 11.7. The van der Waals surface area contributed by atoms with Gasteiger partial charge in [0.1, 0.15) is 12.2 Å². The number of hydrogen-bond donors (Lipinski definition) is 0. The van der Waals surface area contributed by atoms with Crippen LogP contribution >= 0.6 is 0 Å². The van der Waals surface area contributed by atoms with Crippen molar-refractivity contribution < 1.29 is 33.4 Å². The molecule has 0 amide bonds. The summed E-state index contributed by atoms with van der Waals surface area (Å²) in [4.78, 5) is 50.9. The molecule has 35 heavy (non-hydrogen) atoms. The van der Waals surface area contributed by atoms with E-state index in [-0.39, 0.29) is 59.3 Å². The summed E-state index contributed by atoms with van der Waals surface area (Å²) in [5, 5.41) is 0. The first-order valence-corrected chi connectivity index (χ1v) is 12.6. The number of fused-ring (bicyclic) bond motifs is 2. The number of Topliss-reactive ketones (excluding diaryl/α,β-unsaturated/α-hetero) is 1. The number of hydrogen-bond acceptors (Lipinski definition) is 7. The second kappa shape index (κ2) is 9.55. The minimum absolute atomic E-state index is 0.0444. The van der Waals surface area contributed by atoms with Gasteiger partial charge in [-0.25, -0.2) is 0 Å². The van der Waals surface area contributed by atoms with Crippen LogP contribution in [-0.4, -0.2) is 41.5 Å². The summed E-state index contributed by atoms with van der Waals surface area (Å²) >= 11 is 0. The van der Waals surface area contributed by atoms with Crippen molar-refractivity contribution in [3.05, 3.63) is 23.3 Å². The Morgan fingerprint density at radius 3 is 2.17 bits per heavy atom. The lowest BCUT2D eigenvalue weighted by Gasteiger charge is -2.34. The largest absolute Gasteiger partial charge is 0.462 e. The van der Waals surface area contributed by atoms with Gasteiger partial charge in [0.2, 0.25) is 5.78 Å². The molecule has 0 aromatic rings. The SMILES string of the molecule is CC(=O)O[C@@H]1CC(C)=C[C@H]2[C@@H](OC(=O)C(C)C)[C@@H](C)C[C@]2(OC(C)=O)C(=O)C(C)=C[C@@H]2[C@H]1C2(C)C. The van der Waals surface area contributed by atoms with E-state index in [1.54, 1.807) is 20.8 Å². The highest BCUT2D eigenvalue weighted by molar-refractivity contribution is 6.03. The van der Waals surface area contributed by atoms with Gasteiger partial charge in [-0.15, -0.1) is 0 Å². The van der Waals surface area contributed by atoms with Gasteiger partial charge in [0.15, 0.2) is 5.60 Å². The van der Waals surface area contributed by atoms with Gasteiger partial charge in [0.25, 0.3) is 0 Å². The third-order valence-corrected chi connectivity index (χ3v) is 8.00. The number of ketones is 1. The molecule has 0 aromatic carbocycles. The summed E-state index contributed by atoms with van der Waals surface area (Å²) in [6.07, 6.45) is 3.62. The van der Waals surface area contributed by atoms with Crippen LogP contribution in [0.25, 0.3) is 0 Å². The molecule has 7 heteroatoms. The van der Waals surface area contributed by atoms with Crippen molar-refractivity contribution in [3.8, 4) is 0 Å².